The third-order valence-electron chi connectivity index (χ3n) is 0.132. The van der Waals surface area contributed by atoms with E-state index in [1.165, 1.54) is 32.4 Å². The van der Waals surface area contributed by atoms with Crippen LogP contribution in [0.15, 0.2) is 0 Å². The Balaban J connectivity index is -0.000000000475. The van der Waals surface area contributed by atoms with Crippen molar-refractivity contribution in [2.75, 3.05) is 0 Å². The third kappa shape index (κ3) is 3400. The molecule has 0 aromatic heterocycles. The molecule has 0 aromatic rings. The first-order chi connectivity index (χ1) is 7.33. The molecule has 0 saturated heterocycles. The Bertz CT molecular complexity index is 80.5. The van der Waals surface area contributed by atoms with E-state index in [1.807, 2.05) is 16.6 Å². The zero-order valence-electron chi connectivity index (χ0n) is 27.7. The molecule has 0 spiro atoms. The summed E-state index contributed by atoms with van der Waals surface area (Å²) < 4.78 is 24.1. The summed E-state index contributed by atoms with van der Waals surface area (Å²) in [6.07, 6.45) is 0. The first-order valence-electron chi connectivity index (χ1n) is 2.06. The summed E-state index contributed by atoms with van der Waals surface area (Å²) in [6, 6.07) is 0. The van der Waals surface area contributed by atoms with E-state index in [9.17, 15) is 0 Å². The van der Waals surface area contributed by atoms with Crippen LogP contribution in [-0.2, 0) is 24.5 Å². The van der Waals surface area contributed by atoms with Crippen LogP contribution >= 0.6 is 0 Å². The maximum atomic E-state index is 8.17. The second kappa shape index (κ2) is 2180. The van der Waals surface area contributed by atoms with E-state index in [0.29, 0.717) is 0 Å². The Morgan fingerprint density at radius 1 is 0.315 bits per heavy atom. The fourth-order valence-electron chi connectivity index (χ4n) is 0.0248. The topological polar surface area (TPSA) is 1120 Å². The van der Waals surface area contributed by atoms with Gasteiger partial charge in [0.1, 0.15) is 52.1 Å². The van der Waals surface area contributed by atoms with E-state index in [2.05, 4.69) is 16.9 Å². The standard InChI is InChI=1S/12Al.H2O4.H2O2.O2.31H2O.3O.6H/c;;;;;;;;;;;;1-3-4-2;2*1-2;;;;;;;;;;;;;;;;;;;;;;;;;;;;;;;;;;;;;;;;/h;;;;;;;;;;;;1-2H;1-2H;;31*1H2;;;;;;;;;/q;;;;;;;;;;;+1;;;;;;;;;;;;;;;;;;;;;;;;;;;;;;;;;;;;;;;;;;;/p-13. The molecule has 0 saturated carbocycles. The van der Waals surface area contributed by atoms with Crippen molar-refractivity contribution in [1.82, 2.24) is 0 Å². The number of rotatable bonds is 3. The molecule has 0 atom stereocenters. The summed E-state index contributed by atoms with van der Waals surface area (Å²) in [5.74, 6) is 0. The Hall–Kier alpha value is 4.07. The first-order valence-corrected chi connectivity index (χ1v) is 4.42. The summed E-state index contributed by atoms with van der Waals surface area (Å²) in [5.41, 5.74) is 0. The quantitative estimate of drug-likeness (QED) is 0.134. The molecule has 23 radical (unpaired) electrons. The van der Waals surface area contributed by atoms with Crippen LogP contribution in [0.2, 0.25) is 0 Å². The van der Waals surface area contributed by atoms with Gasteiger partial charge in [0.25, 0.3) is 0 Å². The van der Waals surface area contributed by atoms with Crippen LogP contribution in [0.4, 0.5) is 0 Å². The summed E-state index contributed by atoms with van der Waals surface area (Å²) in [6.45, 7) is 0. The van der Waals surface area contributed by atoms with Gasteiger partial charge in [0.05, 0.1) is 0 Å². The zero-order valence-corrected chi connectivity index (χ0v) is 44.1. The van der Waals surface area contributed by atoms with Gasteiger partial charge in [0, 0.05) is 96.7 Å². The van der Waals surface area contributed by atoms with Crippen LogP contribution in [0.3, 0.4) is 0 Å². The van der Waals surface area contributed by atoms with E-state index in [-0.39, 0.29) is 309 Å². The van der Waals surface area contributed by atoms with Crippen molar-refractivity contribution in [2.24, 2.45) is 0 Å². The average molecular weight is 1060 g/mol. The second-order valence-corrected chi connectivity index (χ2v) is 1.98. The normalized spacial score (nSPS) is 1.43. The van der Waals surface area contributed by atoms with E-state index in [1.54, 1.807) is 0 Å². The van der Waals surface area contributed by atoms with Crippen LogP contribution in [0.25, 0.3) is 0 Å². The van der Waals surface area contributed by atoms with Gasteiger partial charge in [-0.1, -0.05) is 0 Å². The fraction of sp³-hybridized carbons (Fsp3) is 0. The molecule has 0 aliphatic rings. The van der Waals surface area contributed by atoms with Crippen LogP contribution in [0.5, 0.6) is 0 Å². The SMILES string of the molecule is O.O.O.O.O.O.O.O.O.O.O.O.O.O.O.O.O.O.O.O=O.OOOO.O[O][Al][O][Al].[AlH2].[AlH2].[AlH2].[Al].[Al].[Al].[Al].[Al].[OH-].[OH-].[OH-].[OH-].[OH-].[OH-].[OH-].[OH-].[OH-].[OH-].[OH-].[OH-].[O]=[Al].[O]=[Al]. The van der Waals surface area contributed by atoms with Gasteiger partial charge < -0.3 is 177 Å². The minimum atomic E-state index is -0.667. The molecule has 53 N–H and O–H groups in total. The summed E-state index contributed by atoms with van der Waals surface area (Å²) in [7, 11) is 0. The molecule has 0 heterocycles. The van der Waals surface area contributed by atoms with Crippen LogP contribution < -0.4 is 0 Å². The molecular weight excluding hydrogens is 996 g/mol. The van der Waals surface area contributed by atoms with Gasteiger partial charge >= 0.3 is 72.6 Å². The van der Waals surface area contributed by atoms with E-state index in [0.717, 1.165) is 0 Å². The van der Waals surface area contributed by atoms with Crippen molar-refractivity contribution in [3.05, 3.63) is 9.93 Å². The Morgan fingerprint density at radius 2 is 0.389 bits per heavy atom. The second-order valence-electron chi connectivity index (χ2n) is 0.487. The minimum absolute atomic E-state index is 0. The Labute approximate surface area is 419 Å². The first kappa shape index (κ1) is 955. The summed E-state index contributed by atoms with van der Waals surface area (Å²) in [5, 5.41) is 26.5. The maximum absolute atomic E-state index is 8.17. The van der Waals surface area contributed by atoms with Crippen molar-refractivity contribution in [2.45, 2.75) is 0 Å². The molecule has 359 valence electrons. The van der Waals surface area contributed by atoms with Crippen molar-refractivity contribution in [3.63, 3.8) is 0 Å². The number of hydrogen-bond donors (Lipinski definition) is 3. The molecular formula is H59Al12O42-12. The molecule has 54 heavy (non-hydrogen) atoms. The van der Waals surface area contributed by atoms with Gasteiger partial charge in [-0.05, 0) is 10.1 Å². The van der Waals surface area contributed by atoms with Gasteiger partial charge in [-0.25, -0.2) is 10.5 Å². The van der Waals surface area contributed by atoms with Crippen molar-refractivity contribution in [1.29, 1.82) is 0 Å². The predicted molar refractivity (Wildman–Crippen MR) is 190 cm³/mol. The van der Waals surface area contributed by atoms with Gasteiger partial charge in [0.2, 0.25) is 0 Å². The molecule has 0 unspecified atom stereocenters. The molecule has 0 amide bonds. The third-order valence-corrected chi connectivity index (χ3v) is 0.662. The zero-order chi connectivity index (χ0) is 13.5. The monoisotopic (exact) mass is 1060 g/mol. The molecule has 0 rings (SSSR count). The molecule has 0 aliphatic carbocycles. The van der Waals surface area contributed by atoms with Crippen LogP contribution in [0, 0.1) is 9.93 Å². The van der Waals surface area contributed by atoms with Crippen molar-refractivity contribution < 1.29 is 210 Å². The van der Waals surface area contributed by atoms with E-state index >= 15 is 0 Å². The molecule has 54 heteroatoms. The van der Waals surface area contributed by atoms with E-state index < -0.39 is 15.9 Å². The van der Waals surface area contributed by atoms with Gasteiger partial charge in [0.15, 0.2) is 0 Å². The Kier molecular flexibility index (Phi) is 38600. The van der Waals surface area contributed by atoms with Gasteiger partial charge in [-0.15, -0.1) is 0 Å². The van der Waals surface area contributed by atoms with Gasteiger partial charge in [-0.2, -0.15) is 0 Å². The molecule has 0 fully saturated rings. The number of hydrogen-bond acceptors (Lipinski definition) is 23. The van der Waals surface area contributed by atoms with Crippen LogP contribution in [0.1, 0.15) is 0 Å². The average Bonchev–Trinajstić information content (AvgIpc) is 2.38. The molecule has 0 bridgehead atoms. The van der Waals surface area contributed by atoms with Gasteiger partial charge in [-0.3, -0.25) is 5.26 Å². The molecule has 0 aromatic carbocycles. The Morgan fingerprint density at radius 3 is 0.389 bits per heavy atom. The van der Waals surface area contributed by atoms with Crippen molar-refractivity contribution >= 4 is 204 Å². The summed E-state index contributed by atoms with van der Waals surface area (Å²) in [4.78, 5) is 14.0. The van der Waals surface area contributed by atoms with Crippen molar-refractivity contribution in [3.8, 4) is 0 Å². The fourth-order valence-corrected chi connectivity index (χ4v) is 0.224. The molecule has 42 nitrogen and oxygen atoms in total. The van der Waals surface area contributed by atoms with Crippen LogP contribution in [-0.4, -0.2) is 389 Å². The molecule has 0 aliphatic heterocycles. The predicted octanol–water partition coefficient (Wildman–Crippen LogP) is -24.4. The summed E-state index contributed by atoms with van der Waals surface area (Å²) >= 11 is 3.62. The van der Waals surface area contributed by atoms with E-state index in [4.69, 9.17) is 33.3 Å².